The van der Waals surface area contributed by atoms with E-state index in [1.54, 1.807) is 0 Å². The number of carbonyl (C=O) groups excluding carboxylic acids is 3. The predicted molar refractivity (Wildman–Crippen MR) is 102 cm³/mol. The zero-order valence-corrected chi connectivity index (χ0v) is 17.2. The smallest absolute Gasteiger partial charge is 0.413 e. The minimum atomic E-state index is -4.89. The molecule has 0 saturated carbocycles. The van der Waals surface area contributed by atoms with Crippen LogP contribution in [0.2, 0.25) is 5.02 Å². The molecule has 0 aliphatic carbocycles. The van der Waals surface area contributed by atoms with Crippen molar-refractivity contribution in [1.82, 2.24) is 9.97 Å². The lowest BCUT2D eigenvalue weighted by Crippen LogP contribution is -2.41. The van der Waals surface area contributed by atoms with Gasteiger partial charge in [0.2, 0.25) is 11.8 Å². The quantitative estimate of drug-likeness (QED) is 0.345. The summed E-state index contributed by atoms with van der Waals surface area (Å²) in [5.41, 5.74) is -2.03. The van der Waals surface area contributed by atoms with Gasteiger partial charge in [0.05, 0.1) is 24.2 Å². The third-order valence-electron chi connectivity index (χ3n) is 4.09. The van der Waals surface area contributed by atoms with Crippen LogP contribution >= 0.6 is 11.6 Å². The van der Waals surface area contributed by atoms with Gasteiger partial charge in [0.25, 0.3) is 5.91 Å². The SMILES string of the molecule is COC(=O)COc1ccnc(Oc2cc(N3C(=O)C=C(C(F)(F)F)CC3=O)c(F)cc2Cl)n1. The second-order valence-electron chi connectivity index (χ2n) is 6.29. The van der Waals surface area contributed by atoms with Crippen molar-refractivity contribution in [3.63, 3.8) is 0 Å². The first kappa shape index (κ1) is 23.9. The second-order valence-corrected chi connectivity index (χ2v) is 6.70. The van der Waals surface area contributed by atoms with Crippen LogP contribution in [0.5, 0.6) is 17.6 Å². The number of carbonyl (C=O) groups is 3. The van der Waals surface area contributed by atoms with Gasteiger partial charge in [-0.15, -0.1) is 0 Å². The maximum absolute atomic E-state index is 14.5. The van der Waals surface area contributed by atoms with Gasteiger partial charge in [0.1, 0.15) is 5.82 Å². The van der Waals surface area contributed by atoms with Crippen LogP contribution in [-0.2, 0) is 19.1 Å². The number of hydrogen-bond acceptors (Lipinski definition) is 8. The Balaban J connectivity index is 1.89. The first-order chi connectivity index (χ1) is 15.5. The van der Waals surface area contributed by atoms with E-state index in [0.717, 1.165) is 13.2 Å². The Kier molecular flexibility index (Phi) is 6.81. The Morgan fingerprint density at radius 2 is 2.00 bits per heavy atom. The molecule has 174 valence electrons. The van der Waals surface area contributed by atoms with Crippen molar-refractivity contribution in [2.24, 2.45) is 0 Å². The summed E-state index contributed by atoms with van der Waals surface area (Å²) in [7, 11) is 1.16. The van der Waals surface area contributed by atoms with Crippen LogP contribution in [0.3, 0.4) is 0 Å². The molecule has 14 heteroatoms. The number of hydrogen-bond donors (Lipinski definition) is 0. The van der Waals surface area contributed by atoms with Gasteiger partial charge in [-0.25, -0.2) is 19.1 Å². The van der Waals surface area contributed by atoms with Crippen LogP contribution in [0.1, 0.15) is 6.42 Å². The summed E-state index contributed by atoms with van der Waals surface area (Å²) in [6.07, 6.45) is -4.63. The minimum absolute atomic E-state index is 0.0879. The fourth-order valence-corrected chi connectivity index (χ4v) is 2.77. The normalized spacial score (nSPS) is 14.1. The van der Waals surface area contributed by atoms with Gasteiger partial charge in [-0.05, 0) is 6.07 Å². The van der Waals surface area contributed by atoms with Gasteiger partial charge in [-0.2, -0.15) is 18.2 Å². The van der Waals surface area contributed by atoms with Gasteiger partial charge in [-0.3, -0.25) is 9.59 Å². The molecular formula is C19H12ClF4N3O6. The fraction of sp³-hybridized carbons (Fsp3) is 0.211. The van der Waals surface area contributed by atoms with E-state index in [9.17, 15) is 31.9 Å². The van der Waals surface area contributed by atoms with Gasteiger partial charge in [0.15, 0.2) is 12.4 Å². The molecule has 3 rings (SSSR count). The van der Waals surface area contributed by atoms with Crippen LogP contribution in [-0.4, -0.2) is 47.6 Å². The van der Waals surface area contributed by atoms with Crippen molar-refractivity contribution < 1.29 is 46.2 Å². The Hall–Kier alpha value is -3.74. The number of anilines is 1. The van der Waals surface area contributed by atoms with E-state index in [0.29, 0.717) is 6.07 Å². The molecule has 0 bridgehead atoms. The molecule has 1 aromatic heterocycles. The number of esters is 1. The van der Waals surface area contributed by atoms with E-state index >= 15 is 0 Å². The fourth-order valence-electron chi connectivity index (χ4n) is 2.58. The van der Waals surface area contributed by atoms with Crippen molar-refractivity contribution in [3.05, 3.63) is 46.9 Å². The Bertz CT molecular complexity index is 1150. The lowest BCUT2D eigenvalue weighted by atomic mass is 10.1. The molecular weight excluding hydrogens is 478 g/mol. The summed E-state index contributed by atoms with van der Waals surface area (Å²) in [5, 5.41) is -0.316. The number of methoxy groups -OCH3 is 1. The lowest BCUT2D eigenvalue weighted by Gasteiger charge is -2.26. The lowest BCUT2D eigenvalue weighted by molar-refractivity contribution is -0.143. The molecule has 0 unspecified atom stereocenters. The zero-order chi connectivity index (χ0) is 24.3. The van der Waals surface area contributed by atoms with Crippen LogP contribution in [0.25, 0.3) is 0 Å². The maximum Gasteiger partial charge on any atom is 0.413 e. The molecule has 0 N–H and O–H groups in total. The molecule has 0 radical (unpaired) electrons. The molecule has 2 heterocycles. The molecule has 9 nitrogen and oxygen atoms in total. The molecule has 0 spiro atoms. The molecule has 0 saturated heterocycles. The summed E-state index contributed by atoms with van der Waals surface area (Å²) in [4.78, 5) is 43.4. The van der Waals surface area contributed by atoms with Gasteiger partial charge in [-0.1, -0.05) is 11.6 Å². The van der Waals surface area contributed by atoms with Gasteiger partial charge < -0.3 is 14.2 Å². The van der Waals surface area contributed by atoms with Crippen LogP contribution < -0.4 is 14.4 Å². The first-order valence-electron chi connectivity index (χ1n) is 8.84. The highest BCUT2D eigenvalue weighted by atomic mass is 35.5. The van der Waals surface area contributed by atoms with Crippen molar-refractivity contribution in [3.8, 4) is 17.6 Å². The average molecular weight is 490 g/mol. The Morgan fingerprint density at radius 1 is 1.27 bits per heavy atom. The number of imide groups is 1. The van der Waals surface area contributed by atoms with Crippen LogP contribution in [0.4, 0.5) is 23.2 Å². The molecule has 33 heavy (non-hydrogen) atoms. The number of alkyl halides is 3. The highest BCUT2D eigenvalue weighted by molar-refractivity contribution is 6.32. The summed E-state index contributed by atoms with van der Waals surface area (Å²) >= 11 is 5.95. The number of aromatic nitrogens is 2. The number of amides is 2. The number of halogens is 5. The molecule has 1 aromatic carbocycles. The molecule has 2 amide bonds. The van der Waals surface area contributed by atoms with E-state index in [2.05, 4.69) is 14.7 Å². The third-order valence-corrected chi connectivity index (χ3v) is 4.39. The van der Waals surface area contributed by atoms with Crippen molar-refractivity contribution in [2.75, 3.05) is 18.6 Å². The predicted octanol–water partition coefficient (Wildman–Crippen LogP) is 3.37. The number of ether oxygens (including phenoxy) is 3. The van der Waals surface area contributed by atoms with E-state index in [4.69, 9.17) is 21.1 Å². The average Bonchev–Trinajstić information content (AvgIpc) is 2.74. The van der Waals surface area contributed by atoms with Crippen LogP contribution in [0.15, 0.2) is 36.0 Å². The highest BCUT2D eigenvalue weighted by Gasteiger charge is 2.41. The summed E-state index contributed by atoms with van der Waals surface area (Å²) in [6.45, 7) is -0.457. The van der Waals surface area contributed by atoms with Crippen molar-refractivity contribution >= 4 is 35.1 Å². The Labute approximate surface area is 187 Å². The summed E-state index contributed by atoms with van der Waals surface area (Å²) in [5.74, 6) is -4.93. The van der Waals surface area contributed by atoms with E-state index in [1.165, 1.54) is 12.3 Å². The second kappa shape index (κ2) is 9.40. The zero-order valence-electron chi connectivity index (χ0n) is 16.5. The third kappa shape index (κ3) is 5.55. The molecule has 0 fully saturated rings. The van der Waals surface area contributed by atoms with Crippen molar-refractivity contribution in [2.45, 2.75) is 12.6 Å². The minimum Gasteiger partial charge on any atom is -0.466 e. The standard InChI is InChI=1S/C19H12ClF4N3O6/c1-31-17(30)8-32-14-2-3-25-18(26-14)33-13-7-12(11(21)6-10(13)20)27-15(28)4-9(5-16(27)29)19(22,23)24/h2-4,6-7H,5,8H2,1H3. The van der Waals surface area contributed by atoms with Gasteiger partial charge >= 0.3 is 18.2 Å². The summed E-state index contributed by atoms with van der Waals surface area (Å²) < 4.78 is 67.9. The monoisotopic (exact) mass is 489 g/mol. The van der Waals surface area contributed by atoms with Crippen LogP contribution in [0, 0.1) is 5.82 Å². The molecule has 1 aliphatic rings. The largest absolute Gasteiger partial charge is 0.466 e. The number of nitrogens with zero attached hydrogens (tertiary/aromatic N) is 3. The molecule has 0 atom stereocenters. The topological polar surface area (TPSA) is 108 Å². The summed E-state index contributed by atoms with van der Waals surface area (Å²) in [6, 6.07) is 2.47. The number of rotatable bonds is 6. The van der Waals surface area contributed by atoms with E-state index < -0.39 is 54.1 Å². The van der Waals surface area contributed by atoms with E-state index in [1.807, 2.05) is 0 Å². The Morgan fingerprint density at radius 3 is 2.64 bits per heavy atom. The van der Waals surface area contributed by atoms with E-state index in [-0.39, 0.29) is 33.6 Å². The maximum atomic E-state index is 14.5. The first-order valence-corrected chi connectivity index (χ1v) is 9.21. The molecule has 1 aliphatic heterocycles. The highest BCUT2D eigenvalue weighted by Crippen LogP contribution is 2.38. The number of benzene rings is 1. The molecule has 2 aromatic rings. The van der Waals surface area contributed by atoms with Crippen molar-refractivity contribution in [1.29, 1.82) is 0 Å². The van der Waals surface area contributed by atoms with Gasteiger partial charge in [0, 0.05) is 30.0 Å².